The zero-order valence-electron chi connectivity index (χ0n) is 32.4. The first-order valence-electron chi connectivity index (χ1n) is 20.9. The van der Waals surface area contributed by atoms with Crippen molar-refractivity contribution in [3.63, 3.8) is 0 Å². The zero-order valence-corrected chi connectivity index (χ0v) is 32.4. The molecule has 0 aromatic rings. The summed E-state index contributed by atoms with van der Waals surface area (Å²) in [5.74, 6) is -0.00449. The van der Waals surface area contributed by atoms with Crippen molar-refractivity contribution in [3.8, 4) is 0 Å². The van der Waals surface area contributed by atoms with Crippen LogP contribution in [0.2, 0.25) is 0 Å². The van der Waals surface area contributed by atoms with E-state index in [2.05, 4.69) is 27.7 Å². The van der Waals surface area contributed by atoms with E-state index in [1.807, 2.05) is 0 Å². The van der Waals surface area contributed by atoms with E-state index in [4.69, 9.17) is 14.2 Å². The van der Waals surface area contributed by atoms with Crippen molar-refractivity contribution in [2.75, 3.05) is 13.2 Å². The molecular weight excluding hydrogens is 600 g/mol. The number of esters is 3. The predicted octanol–water partition coefficient (Wildman–Crippen LogP) is 12.8. The Morgan fingerprint density at radius 1 is 0.417 bits per heavy atom. The topological polar surface area (TPSA) is 78.9 Å². The number of unbranched alkanes of at least 4 members (excludes halogenated alkanes) is 23. The maximum absolute atomic E-state index is 12.6. The molecule has 0 amide bonds. The minimum atomic E-state index is -0.756. The number of carbonyl (C=O) groups excluding carboxylic acids is 3. The van der Waals surface area contributed by atoms with Crippen molar-refractivity contribution in [1.82, 2.24) is 0 Å². The normalized spacial score (nSPS) is 12.5. The first kappa shape index (κ1) is 46.4. The molecule has 0 aliphatic heterocycles. The van der Waals surface area contributed by atoms with Crippen LogP contribution < -0.4 is 0 Å². The number of rotatable bonds is 37. The summed E-state index contributed by atoms with van der Waals surface area (Å²) >= 11 is 0. The van der Waals surface area contributed by atoms with E-state index < -0.39 is 6.10 Å². The Morgan fingerprint density at radius 2 is 0.729 bits per heavy atom. The van der Waals surface area contributed by atoms with Crippen LogP contribution in [0.15, 0.2) is 0 Å². The molecule has 0 aromatic carbocycles. The Labute approximate surface area is 298 Å². The maximum atomic E-state index is 12.6. The summed E-state index contributed by atoms with van der Waals surface area (Å²) in [6, 6.07) is 0. The first-order valence-corrected chi connectivity index (χ1v) is 20.9. The van der Waals surface area contributed by atoms with Crippen LogP contribution in [-0.4, -0.2) is 37.2 Å². The largest absolute Gasteiger partial charge is 0.462 e. The van der Waals surface area contributed by atoms with Gasteiger partial charge in [0.05, 0.1) is 0 Å². The fraction of sp³-hybridized carbons (Fsp3) is 0.929. The molecule has 0 spiro atoms. The lowest BCUT2D eigenvalue weighted by molar-refractivity contribution is -0.167. The molecule has 0 bridgehead atoms. The molecule has 48 heavy (non-hydrogen) atoms. The van der Waals surface area contributed by atoms with Gasteiger partial charge in [-0.2, -0.15) is 0 Å². The molecule has 0 fully saturated rings. The van der Waals surface area contributed by atoms with Crippen molar-refractivity contribution in [2.45, 2.75) is 233 Å². The SMILES string of the molecule is CCCCCCCCCCCCCC(=O)O[C@@H](COC(=O)CCCCCCC)COC(=O)CCCCCCCCCCCCC(C)CC. The highest BCUT2D eigenvalue weighted by molar-refractivity contribution is 5.71. The molecule has 0 saturated heterocycles. The van der Waals surface area contributed by atoms with Gasteiger partial charge in [-0.25, -0.2) is 0 Å². The van der Waals surface area contributed by atoms with E-state index in [1.54, 1.807) is 0 Å². The highest BCUT2D eigenvalue weighted by Crippen LogP contribution is 2.16. The fourth-order valence-corrected chi connectivity index (χ4v) is 6.06. The molecule has 0 aliphatic carbocycles. The van der Waals surface area contributed by atoms with E-state index in [1.165, 1.54) is 116 Å². The molecule has 0 saturated carbocycles. The van der Waals surface area contributed by atoms with Gasteiger partial charge in [0.1, 0.15) is 13.2 Å². The monoisotopic (exact) mass is 681 g/mol. The lowest BCUT2D eigenvalue weighted by Crippen LogP contribution is -2.30. The van der Waals surface area contributed by atoms with Crippen molar-refractivity contribution in [3.05, 3.63) is 0 Å². The summed E-state index contributed by atoms with van der Waals surface area (Å²) < 4.78 is 16.5. The summed E-state index contributed by atoms with van der Waals surface area (Å²) in [5, 5.41) is 0. The zero-order chi connectivity index (χ0) is 35.3. The van der Waals surface area contributed by atoms with Crippen LogP contribution in [0.1, 0.15) is 227 Å². The van der Waals surface area contributed by atoms with Gasteiger partial charge in [0, 0.05) is 19.3 Å². The van der Waals surface area contributed by atoms with Crippen LogP contribution in [0.4, 0.5) is 0 Å². The van der Waals surface area contributed by atoms with Gasteiger partial charge in [0.15, 0.2) is 6.10 Å². The molecule has 2 atom stereocenters. The highest BCUT2D eigenvalue weighted by atomic mass is 16.6. The second kappa shape index (κ2) is 36.7. The summed E-state index contributed by atoms with van der Waals surface area (Å²) in [6.07, 6.45) is 33.9. The minimum absolute atomic E-state index is 0.0655. The van der Waals surface area contributed by atoms with Gasteiger partial charge in [-0.05, 0) is 25.2 Å². The van der Waals surface area contributed by atoms with Gasteiger partial charge in [0.2, 0.25) is 0 Å². The number of carbonyl (C=O) groups is 3. The third-order valence-corrected chi connectivity index (χ3v) is 9.65. The van der Waals surface area contributed by atoms with Gasteiger partial charge in [-0.1, -0.05) is 188 Å². The van der Waals surface area contributed by atoms with Crippen LogP contribution in [0.5, 0.6) is 0 Å². The van der Waals surface area contributed by atoms with E-state index in [9.17, 15) is 14.4 Å². The summed E-state index contributed by atoms with van der Waals surface area (Å²) in [4.78, 5) is 37.3. The van der Waals surface area contributed by atoms with Gasteiger partial charge in [-0.3, -0.25) is 14.4 Å². The Hall–Kier alpha value is -1.59. The molecule has 284 valence electrons. The summed E-state index contributed by atoms with van der Waals surface area (Å²) in [6.45, 7) is 8.92. The fourth-order valence-electron chi connectivity index (χ4n) is 6.06. The molecule has 0 rings (SSSR count). The smallest absolute Gasteiger partial charge is 0.306 e. The van der Waals surface area contributed by atoms with Crippen LogP contribution in [0.25, 0.3) is 0 Å². The molecule has 0 radical (unpaired) electrons. The van der Waals surface area contributed by atoms with Gasteiger partial charge < -0.3 is 14.2 Å². The Balaban J connectivity index is 4.23. The van der Waals surface area contributed by atoms with Crippen molar-refractivity contribution < 1.29 is 28.6 Å². The standard InChI is InChI=1S/C42H80O6/c1-5-8-10-12-13-14-15-20-23-27-31-35-42(45)48-39(36-46-40(43)33-29-24-11-9-6-2)37-47-41(44)34-30-26-22-19-17-16-18-21-25-28-32-38(4)7-3/h38-39H,5-37H2,1-4H3/t38?,39-/m0/s1. The van der Waals surface area contributed by atoms with Crippen LogP contribution in [0.3, 0.4) is 0 Å². The average Bonchev–Trinajstić information content (AvgIpc) is 3.08. The van der Waals surface area contributed by atoms with Gasteiger partial charge >= 0.3 is 17.9 Å². The van der Waals surface area contributed by atoms with Gasteiger partial charge in [0.25, 0.3) is 0 Å². The van der Waals surface area contributed by atoms with Crippen molar-refractivity contribution in [2.24, 2.45) is 5.92 Å². The molecule has 0 aliphatic rings. The average molecular weight is 681 g/mol. The molecular formula is C42H80O6. The lowest BCUT2D eigenvalue weighted by atomic mass is 9.99. The van der Waals surface area contributed by atoms with E-state index >= 15 is 0 Å². The van der Waals surface area contributed by atoms with Crippen LogP contribution in [-0.2, 0) is 28.6 Å². The Bertz CT molecular complexity index is 723. The Morgan fingerprint density at radius 3 is 1.08 bits per heavy atom. The maximum Gasteiger partial charge on any atom is 0.306 e. The third-order valence-electron chi connectivity index (χ3n) is 9.65. The molecule has 6 heteroatoms. The number of ether oxygens (including phenoxy) is 3. The van der Waals surface area contributed by atoms with Crippen molar-refractivity contribution >= 4 is 17.9 Å². The highest BCUT2D eigenvalue weighted by Gasteiger charge is 2.19. The quantitative estimate of drug-likeness (QED) is 0.0369. The molecule has 0 heterocycles. The summed E-state index contributed by atoms with van der Waals surface area (Å²) in [7, 11) is 0. The molecule has 0 N–H and O–H groups in total. The minimum Gasteiger partial charge on any atom is -0.462 e. The van der Waals surface area contributed by atoms with Crippen LogP contribution >= 0.6 is 0 Å². The third kappa shape index (κ3) is 34.3. The van der Waals surface area contributed by atoms with E-state index in [-0.39, 0.29) is 31.1 Å². The predicted molar refractivity (Wildman–Crippen MR) is 201 cm³/mol. The summed E-state index contributed by atoms with van der Waals surface area (Å²) in [5.41, 5.74) is 0. The second-order valence-electron chi connectivity index (χ2n) is 14.5. The van der Waals surface area contributed by atoms with E-state index in [0.717, 1.165) is 70.1 Å². The lowest BCUT2D eigenvalue weighted by Gasteiger charge is -2.18. The molecule has 1 unspecified atom stereocenters. The number of hydrogen-bond acceptors (Lipinski definition) is 6. The first-order chi connectivity index (χ1) is 23.4. The Kier molecular flexibility index (Phi) is 35.5. The molecule has 0 aromatic heterocycles. The van der Waals surface area contributed by atoms with E-state index in [0.29, 0.717) is 19.3 Å². The van der Waals surface area contributed by atoms with Crippen LogP contribution in [0, 0.1) is 5.92 Å². The van der Waals surface area contributed by atoms with Crippen molar-refractivity contribution in [1.29, 1.82) is 0 Å². The molecule has 6 nitrogen and oxygen atoms in total. The second-order valence-corrected chi connectivity index (χ2v) is 14.5. The van der Waals surface area contributed by atoms with Gasteiger partial charge in [-0.15, -0.1) is 0 Å². The number of hydrogen-bond donors (Lipinski definition) is 0.